The summed E-state index contributed by atoms with van der Waals surface area (Å²) >= 11 is 0. The molecule has 1 fully saturated rings. The van der Waals surface area contributed by atoms with E-state index in [2.05, 4.69) is 21.8 Å². The second-order valence-electron chi connectivity index (χ2n) is 4.96. The van der Waals surface area contributed by atoms with Crippen molar-refractivity contribution in [3.63, 3.8) is 0 Å². The first-order chi connectivity index (χ1) is 11.3. The van der Waals surface area contributed by atoms with Gasteiger partial charge in [-0.15, -0.1) is 0 Å². The number of anilines is 1. The molecule has 0 bridgehead atoms. The van der Waals surface area contributed by atoms with Gasteiger partial charge in [-0.05, 0) is 12.1 Å². The zero-order valence-electron chi connectivity index (χ0n) is 12.6. The number of ether oxygens (including phenoxy) is 2. The number of hydrogen-bond acceptors (Lipinski definition) is 5. The van der Waals surface area contributed by atoms with Gasteiger partial charge in [0, 0.05) is 25.1 Å². The predicted octanol–water partition coefficient (Wildman–Crippen LogP) is 1.85. The predicted molar refractivity (Wildman–Crippen MR) is 83.9 cm³/mol. The monoisotopic (exact) mass is 309 g/mol. The number of aromatic nitrogens is 2. The van der Waals surface area contributed by atoms with Crippen LogP contribution in [0.4, 0.5) is 10.7 Å². The third-order valence-corrected chi connectivity index (χ3v) is 3.23. The van der Waals surface area contributed by atoms with E-state index in [0.29, 0.717) is 24.7 Å². The quantitative estimate of drug-likeness (QED) is 0.810. The van der Waals surface area contributed by atoms with E-state index < -0.39 is 6.09 Å². The molecule has 6 heteroatoms. The Labute approximate surface area is 134 Å². The second kappa shape index (κ2) is 6.90. The fourth-order valence-corrected chi connectivity index (χ4v) is 2.15. The third kappa shape index (κ3) is 3.65. The number of benzene rings is 1. The fourth-order valence-electron chi connectivity index (χ4n) is 2.15. The number of amides is 1. The summed E-state index contributed by atoms with van der Waals surface area (Å²) in [6.45, 7) is 0.727. The van der Waals surface area contributed by atoms with Gasteiger partial charge < -0.3 is 9.47 Å². The van der Waals surface area contributed by atoms with Crippen molar-refractivity contribution >= 4 is 12.0 Å². The van der Waals surface area contributed by atoms with E-state index in [9.17, 15) is 4.79 Å². The SMILES string of the molecule is COCC1CN(c2ncc(C#Cc3ccccc3)cn2)C(=O)O1. The van der Waals surface area contributed by atoms with Crippen molar-refractivity contribution in [2.45, 2.75) is 6.10 Å². The van der Waals surface area contributed by atoms with Crippen molar-refractivity contribution in [3.8, 4) is 11.8 Å². The summed E-state index contributed by atoms with van der Waals surface area (Å²) in [6.07, 6.45) is 2.42. The van der Waals surface area contributed by atoms with Crippen LogP contribution < -0.4 is 4.90 Å². The van der Waals surface area contributed by atoms with Gasteiger partial charge in [0.25, 0.3) is 0 Å². The molecule has 0 spiro atoms. The lowest BCUT2D eigenvalue weighted by molar-refractivity contribution is 0.0718. The Morgan fingerprint density at radius 1 is 1.22 bits per heavy atom. The Kier molecular flexibility index (Phi) is 4.50. The molecule has 0 saturated carbocycles. The molecule has 2 aromatic rings. The number of nitrogens with zero attached hydrogens (tertiary/aromatic N) is 3. The maximum absolute atomic E-state index is 11.8. The number of hydrogen-bond donors (Lipinski definition) is 0. The van der Waals surface area contributed by atoms with Gasteiger partial charge in [-0.3, -0.25) is 0 Å². The molecule has 0 N–H and O–H groups in total. The van der Waals surface area contributed by atoms with Crippen molar-refractivity contribution in [2.24, 2.45) is 0 Å². The summed E-state index contributed by atoms with van der Waals surface area (Å²) in [5.74, 6) is 6.32. The highest BCUT2D eigenvalue weighted by atomic mass is 16.6. The van der Waals surface area contributed by atoms with Gasteiger partial charge in [0.15, 0.2) is 0 Å². The molecule has 1 saturated heterocycles. The molecule has 0 radical (unpaired) electrons. The Morgan fingerprint density at radius 3 is 2.61 bits per heavy atom. The molecule has 1 aromatic heterocycles. The molecule has 0 aliphatic carbocycles. The van der Waals surface area contributed by atoms with Gasteiger partial charge in [-0.25, -0.2) is 19.7 Å². The lowest BCUT2D eigenvalue weighted by Crippen LogP contribution is -2.27. The first kappa shape index (κ1) is 15.0. The normalized spacial score (nSPS) is 16.7. The smallest absolute Gasteiger partial charge is 0.417 e. The average Bonchev–Trinajstić information content (AvgIpc) is 2.95. The van der Waals surface area contributed by atoms with Crippen LogP contribution in [0.25, 0.3) is 0 Å². The summed E-state index contributed by atoms with van der Waals surface area (Å²) in [4.78, 5) is 21.6. The molecular weight excluding hydrogens is 294 g/mol. The van der Waals surface area contributed by atoms with Crippen LogP contribution >= 0.6 is 0 Å². The van der Waals surface area contributed by atoms with Crippen molar-refractivity contribution < 1.29 is 14.3 Å². The summed E-state index contributed by atoms with van der Waals surface area (Å²) in [5, 5.41) is 0. The summed E-state index contributed by atoms with van der Waals surface area (Å²) in [5.41, 5.74) is 1.60. The standard InChI is InChI=1S/C17H15N3O3/c1-22-12-15-11-20(17(21)23-15)16-18-9-14(10-19-16)8-7-13-5-3-2-4-6-13/h2-6,9-10,15H,11-12H2,1H3. The Hall–Kier alpha value is -2.91. The Balaban J connectivity index is 1.71. The van der Waals surface area contributed by atoms with Gasteiger partial charge >= 0.3 is 6.09 Å². The lowest BCUT2D eigenvalue weighted by atomic mass is 10.2. The van der Waals surface area contributed by atoms with E-state index in [1.54, 1.807) is 19.5 Å². The van der Waals surface area contributed by atoms with Gasteiger partial charge in [0.2, 0.25) is 5.95 Å². The first-order valence-electron chi connectivity index (χ1n) is 7.12. The van der Waals surface area contributed by atoms with Crippen molar-refractivity contribution in [1.29, 1.82) is 0 Å². The van der Waals surface area contributed by atoms with E-state index in [4.69, 9.17) is 9.47 Å². The Bertz CT molecular complexity index is 735. The molecule has 116 valence electrons. The highest BCUT2D eigenvalue weighted by Gasteiger charge is 2.33. The van der Waals surface area contributed by atoms with Gasteiger partial charge in [0.1, 0.15) is 6.10 Å². The molecule has 1 unspecified atom stereocenters. The van der Waals surface area contributed by atoms with Crippen LogP contribution in [0.1, 0.15) is 11.1 Å². The number of rotatable bonds is 3. The second-order valence-corrected chi connectivity index (χ2v) is 4.96. The molecule has 1 aliphatic heterocycles. The van der Waals surface area contributed by atoms with Crippen molar-refractivity contribution in [2.75, 3.05) is 25.2 Å². The molecule has 6 nitrogen and oxygen atoms in total. The lowest BCUT2D eigenvalue weighted by Gasteiger charge is -2.09. The van der Waals surface area contributed by atoms with Crippen LogP contribution in [0.3, 0.4) is 0 Å². The molecule has 1 atom stereocenters. The largest absolute Gasteiger partial charge is 0.441 e. The van der Waals surface area contributed by atoms with E-state index >= 15 is 0 Å². The molecule has 1 aromatic carbocycles. The number of methoxy groups -OCH3 is 1. The van der Waals surface area contributed by atoms with E-state index in [1.165, 1.54) is 4.90 Å². The number of carbonyl (C=O) groups excluding carboxylic acids is 1. The van der Waals surface area contributed by atoms with Gasteiger partial charge in [0.05, 0.1) is 18.7 Å². The van der Waals surface area contributed by atoms with Crippen LogP contribution in [0.2, 0.25) is 0 Å². The minimum atomic E-state index is -0.463. The minimum absolute atomic E-state index is 0.298. The van der Waals surface area contributed by atoms with Crippen molar-refractivity contribution in [1.82, 2.24) is 9.97 Å². The highest BCUT2D eigenvalue weighted by molar-refractivity contribution is 5.87. The maximum atomic E-state index is 11.8. The number of cyclic esters (lactones) is 1. The van der Waals surface area contributed by atoms with Crippen LogP contribution in [0.5, 0.6) is 0 Å². The Morgan fingerprint density at radius 2 is 1.91 bits per heavy atom. The highest BCUT2D eigenvalue weighted by Crippen LogP contribution is 2.17. The van der Waals surface area contributed by atoms with Crippen molar-refractivity contribution in [3.05, 3.63) is 53.9 Å². The van der Waals surface area contributed by atoms with E-state index in [-0.39, 0.29) is 6.10 Å². The van der Waals surface area contributed by atoms with Gasteiger partial charge in [-0.1, -0.05) is 30.0 Å². The number of carbonyl (C=O) groups is 1. The zero-order valence-corrected chi connectivity index (χ0v) is 12.6. The first-order valence-corrected chi connectivity index (χ1v) is 7.12. The molecule has 2 heterocycles. The average molecular weight is 309 g/mol. The molecule has 1 aliphatic rings. The summed E-state index contributed by atoms with van der Waals surface area (Å²) in [7, 11) is 1.56. The van der Waals surface area contributed by atoms with Gasteiger partial charge in [-0.2, -0.15) is 0 Å². The third-order valence-electron chi connectivity index (χ3n) is 3.23. The van der Waals surface area contributed by atoms with E-state index in [1.807, 2.05) is 30.3 Å². The summed E-state index contributed by atoms with van der Waals surface area (Å²) < 4.78 is 10.1. The van der Waals surface area contributed by atoms with Crippen LogP contribution in [-0.2, 0) is 9.47 Å². The van der Waals surface area contributed by atoms with Crippen LogP contribution in [0.15, 0.2) is 42.7 Å². The maximum Gasteiger partial charge on any atom is 0.417 e. The zero-order chi connectivity index (χ0) is 16.1. The minimum Gasteiger partial charge on any atom is -0.441 e. The fraction of sp³-hybridized carbons (Fsp3) is 0.235. The summed E-state index contributed by atoms with van der Waals surface area (Å²) in [6, 6.07) is 9.66. The van der Waals surface area contributed by atoms with Crippen LogP contribution in [-0.4, -0.2) is 42.4 Å². The van der Waals surface area contributed by atoms with E-state index in [0.717, 1.165) is 5.56 Å². The molecule has 1 amide bonds. The van der Waals surface area contributed by atoms with Crippen LogP contribution in [0, 0.1) is 11.8 Å². The topological polar surface area (TPSA) is 64.5 Å². The molecule has 23 heavy (non-hydrogen) atoms. The molecule has 3 rings (SSSR count). The molecular formula is C17H15N3O3.